The van der Waals surface area contributed by atoms with Gasteiger partial charge in [0.25, 0.3) is 0 Å². The van der Waals surface area contributed by atoms with Crippen LogP contribution in [-0.4, -0.2) is 40.0 Å². The van der Waals surface area contributed by atoms with Crippen molar-refractivity contribution >= 4 is 11.6 Å². The predicted molar refractivity (Wildman–Crippen MR) is 107 cm³/mol. The molecule has 0 saturated carbocycles. The van der Waals surface area contributed by atoms with Gasteiger partial charge in [-0.25, -0.2) is 0 Å². The van der Waals surface area contributed by atoms with Gasteiger partial charge in [-0.3, -0.25) is 4.90 Å². The largest absolute Gasteiger partial charge is 0.385 e. The first-order valence-corrected chi connectivity index (χ1v) is 9.63. The number of hydrogen-bond acceptors (Lipinski definition) is 3. The van der Waals surface area contributed by atoms with E-state index in [2.05, 4.69) is 6.07 Å². The van der Waals surface area contributed by atoms with Crippen LogP contribution in [0.5, 0.6) is 0 Å². The van der Waals surface area contributed by atoms with Crippen LogP contribution in [0.1, 0.15) is 39.2 Å². The van der Waals surface area contributed by atoms with Crippen molar-refractivity contribution in [1.82, 2.24) is 4.90 Å². The highest BCUT2D eigenvalue weighted by molar-refractivity contribution is 6.30. The smallest absolute Gasteiger partial charge is 0.137 e. The van der Waals surface area contributed by atoms with Crippen molar-refractivity contribution < 1.29 is 10.2 Å². The Morgan fingerprint density at radius 3 is 2.15 bits per heavy atom. The molecule has 2 aromatic rings. The molecule has 26 heavy (non-hydrogen) atoms. The highest BCUT2D eigenvalue weighted by Crippen LogP contribution is 2.43. The maximum absolute atomic E-state index is 11.4. The first kappa shape index (κ1) is 19.4. The van der Waals surface area contributed by atoms with Gasteiger partial charge in [0.2, 0.25) is 0 Å². The van der Waals surface area contributed by atoms with Gasteiger partial charge < -0.3 is 10.2 Å². The van der Waals surface area contributed by atoms with Crippen LogP contribution >= 0.6 is 11.6 Å². The predicted octanol–water partition coefficient (Wildman–Crippen LogP) is 4.45. The first-order valence-electron chi connectivity index (χ1n) is 9.25. The van der Waals surface area contributed by atoms with E-state index in [-0.39, 0.29) is 0 Å². The summed E-state index contributed by atoms with van der Waals surface area (Å²) in [6.07, 6.45) is 1.22. The lowest BCUT2D eigenvalue weighted by Crippen LogP contribution is -2.59. The molecule has 0 bridgehead atoms. The topological polar surface area (TPSA) is 43.7 Å². The molecule has 1 aliphatic heterocycles. The number of aliphatic hydroxyl groups is 2. The summed E-state index contributed by atoms with van der Waals surface area (Å²) in [6, 6.07) is 15.8. The fraction of sp³-hybridized carbons (Fsp3) is 0.455. The van der Waals surface area contributed by atoms with Gasteiger partial charge in [0, 0.05) is 23.5 Å². The maximum Gasteiger partial charge on any atom is 0.137 e. The van der Waals surface area contributed by atoms with E-state index in [1.165, 1.54) is 0 Å². The van der Waals surface area contributed by atoms with Crippen LogP contribution in [0, 0.1) is 0 Å². The molecule has 0 radical (unpaired) electrons. The third-order valence-corrected chi connectivity index (χ3v) is 6.26. The molecule has 1 fully saturated rings. The van der Waals surface area contributed by atoms with Crippen molar-refractivity contribution in [3.8, 4) is 11.1 Å². The van der Waals surface area contributed by atoms with Gasteiger partial charge in [0.05, 0.1) is 0 Å². The standard InChI is InChI=1S/C22H28ClNO2/c1-21(2,22(3,26)20(25)24-14-6-7-15-24)19-9-5-4-8-18(19)16-10-12-17(23)13-11-16/h4-5,8-13,20,25-26H,6-7,14-15H2,1-3H3. The molecule has 0 aromatic heterocycles. The SMILES string of the molecule is CC(C)(c1ccccc1-c1ccc(Cl)cc1)C(C)(O)C(O)N1CCCC1. The Balaban J connectivity index is 2.02. The molecule has 0 amide bonds. The van der Waals surface area contributed by atoms with E-state index < -0.39 is 17.2 Å². The van der Waals surface area contributed by atoms with Gasteiger partial charge in [0.1, 0.15) is 11.8 Å². The van der Waals surface area contributed by atoms with Crippen LogP contribution in [0.4, 0.5) is 0 Å². The van der Waals surface area contributed by atoms with Gasteiger partial charge in [-0.15, -0.1) is 0 Å². The Bertz CT molecular complexity index is 749. The molecular weight excluding hydrogens is 346 g/mol. The van der Waals surface area contributed by atoms with Gasteiger partial charge in [0.15, 0.2) is 0 Å². The maximum atomic E-state index is 11.4. The average molecular weight is 374 g/mol. The minimum absolute atomic E-state index is 0.661. The summed E-state index contributed by atoms with van der Waals surface area (Å²) < 4.78 is 0. The molecule has 2 N–H and O–H groups in total. The second kappa shape index (κ2) is 7.32. The number of halogens is 1. The zero-order chi connectivity index (χ0) is 18.9. The molecule has 0 aliphatic carbocycles. The summed E-state index contributed by atoms with van der Waals surface area (Å²) in [7, 11) is 0. The third kappa shape index (κ3) is 3.41. The molecule has 1 aliphatic rings. The fourth-order valence-corrected chi connectivity index (χ4v) is 3.97. The van der Waals surface area contributed by atoms with Crippen LogP contribution < -0.4 is 0 Å². The van der Waals surface area contributed by atoms with Gasteiger partial charge in [-0.2, -0.15) is 0 Å². The van der Waals surface area contributed by atoms with Gasteiger partial charge in [-0.05, 0) is 48.6 Å². The quantitative estimate of drug-likeness (QED) is 0.813. The molecule has 2 atom stereocenters. The fourth-order valence-electron chi connectivity index (χ4n) is 3.85. The summed E-state index contributed by atoms with van der Waals surface area (Å²) in [5, 5.41) is 23.1. The number of nitrogens with zero attached hydrogens (tertiary/aromatic N) is 1. The van der Waals surface area contributed by atoms with E-state index >= 15 is 0 Å². The van der Waals surface area contributed by atoms with E-state index in [9.17, 15) is 10.2 Å². The summed E-state index contributed by atoms with van der Waals surface area (Å²) in [6.45, 7) is 7.40. The summed E-state index contributed by atoms with van der Waals surface area (Å²) in [5.74, 6) is 0. The van der Waals surface area contributed by atoms with E-state index in [4.69, 9.17) is 11.6 Å². The van der Waals surface area contributed by atoms with Crippen LogP contribution in [0.15, 0.2) is 48.5 Å². The second-order valence-electron chi connectivity index (χ2n) is 7.94. The number of likely N-dealkylation sites (tertiary alicyclic amines) is 1. The Kier molecular flexibility index (Phi) is 5.45. The molecule has 3 nitrogen and oxygen atoms in total. The Labute approximate surface area is 161 Å². The number of rotatable bonds is 5. The van der Waals surface area contributed by atoms with Crippen LogP contribution in [-0.2, 0) is 5.41 Å². The van der Waals surface area contributed by atoms with Crippen LogP contribution in [0.25, 0.3) is 11.1 Å². The van der Waals surface area contributed by atoms with Crippen molar-refractivity contribution in [3.63, 3.8) is 0 Å². The lowest BCUT2D eigenvalue weighted by Gasteiger charge is -2.47. The molecule has 1 heterocycles. The summed E-state index contributed by atoms with van der Waals surface area (Å²) >= 11 is 6.04. The van der Waals surface area contributed by atoms with Crippen molar-refractivity contribution in [2.75, 3.05) is 13.1 Å². The number of aliphatic hydroxyl groups excluding tert-OH is 1. The Morgan fingerprint density at radius 1 is 0.962 bits per heavy atom. The average Bonchev–Trinajstić information content (AvgIpc) is 3.16. The summed E-state index contributed by atoms with van der Waals surface area (Å²) in [5.41, 5.74) is 1.13. The van der Waals surface area contributed by atoms with Crippen molar-refractivity contribution in [3.05, 3.63) is 59.1 Å². The zero-order valence-corrected chi connectivity index (χ0v) is 16.5. The molecule has 1 saturated heterocycles. The highest BCUT2D eigenvalue weighted by atomic mass is 35.5. The van der Waals surface area contributed by atoms with Crippen molar-refractivity contribution in [2.24, 2.45) is 0 Å². The van der Waals surface area contributed by atoms with E-state index in [1.807, 2.05) is 61.2 Å². The minimum Gasteiger partial charge on any atom is -0.385 e. The molecule has 2 aromatic carbocycles. The van der Waals surface area contributed by atoms with E-state index in [0.717, 1.165) is 42.6 Å². The molecule has 2 unspecified atom stereocenters. The normalized spacial score (nSPS) is 19.3. The lowest BCUT2D eigenvalue weighted by atomic mass is 9.67. The van der Waals surface area contributed by atoms with Crippen LogP contribution in [0.2, 0.25) is 5.02 Å². The molecule has 4 heteroatoms. The third-order valence-electron chi connectivity index (χ3n) is 6.01. The van der Waals surface area contributed by atoms with Crippen molar-refractivity contribution in [2.45, 2.75) is 50.9 Å². The first-order chi connectivity index (χ1) is 12.2. The van der Waals surface area contributed by atoms with Gasteiger partial charge in [-0.1, -0.05) is 61.8 Å². The lowest BCUT2D eigenvalue weighted by molar-refractivity contribution is -0.165. The molecule has 3 rings (SSSR count). The monoisotopic (exact) mass is 373 g/mol. The van der Waals surface area contributed by atoms with Crippen LogP contribution in [0.3, 0.4) is 0 Å². The molecular formula is C22H28ClNO2. The van der Waals surface area contributed by atoms with E-state index in [1.54, 1.807) is 6.92 Å². The Morgan fingerprint density at radius 2 is 1.54 bits per heavy atom. The van der Waals surface area contributed by atoms with E-state index in [0.29, 0.717) is 5.02 Å². The summed E-state index contributed by atoms with van der Waals surface area (Å²) in [4.78, 5) is 1.98. The highest BCUT2D eigenvalue weighted by Gasteiger charge is 2.49. The zero-order valence-electron chi connectivity index (χ0n) is 15.7. The number of benzene rings is 2. The van der Waals surface area contributed by atoms with Crippen molar-refractivity contribution in [1.29, 1.82) is 0 Å². The molecule has 140 valence electrons. The van der Waals surface area contributed by atoms with Gasteiger partial charge >= 0.3 is 0 Å². The minimum atomic E-state index is -1.31. The second-order valence-corrected chi connectivity index (χ2v) is 8.38. The number of hydrogen-bond donors (Lipinski definition) is 2. The molecule has 0 spiro atoms. The Hall–Kier alpha value is -1.39.